The fraction of sp³-hybridized carbons (Fsp3) is 0.133. The quantitative estimate of drug-likeness (QED) is 0.279. The molecule has 1 amide bonds. The van der Waals surface area contributed by atoms with E-state index in [0.29, 0.717) is 11.1 Å². The number of hydrogen-bond acceptors (Lipinski definition) is 7. The van der Waals surface area contributed by atoms with Crippen molar-refractivity contribution < 1.29 is 18.4 Å². The molecule has 0 aliphatic heterocycles. The number of carbonyl (C=O) groups is 1. The molecular weight excluding hydrogens is 302 g/mol. The lowest BCUT2D eigenvalue weighted by atomic mass is 10.1. The predicted octanol–water partition coefficient (Wildman–Crippen LogP) is 0.939. The molecule has 8 nitrogen and oxygen atoms in total. The Morgan fingerprint density at radius 2 is 2.00 bits per heavy atom. The topological polar surface area (TPSA) is 132 Å². The summed E-state index contributed by atoms with van der Waals surface area (Å²) in [5.74, 6) is 5.06. The summed E-state index contributed by atoms with van der Waals surface area (Å²) in [6.45, 7) is 1.65. The minimum Gasteiger partial charge on any atom is -0.495 e. The molecule has 23 heavy (non-hydrogen) atoms. The van der Waals surface area contributed by atoms with E-state index in [1.54, 1.807) is 6.92 Å². The molecule has 0 saturated carbocycles. The maximum Gasteiger partial charge on any atom is 0.270 e. The highest BCUT2D eigenvalue weighted by atomic mass is 16.5. The van der Waals surface area contributed by atoms with E-state index in [1.807, 2.05) is 5.43 Å². The number of ether oxygens (including phenoxy) is 1. The van der Waals surface area contributed by atoms with Crippen LogP contribution in [0.2, 0.25) is 0 Å². The van der Waals surface area contributed by atoms with Gasteiger partial charge in [0.05, 0.1) is 12.5 Å². The molecule has 3 aromatic rings. The first kappa shape index (κ1) is 14.8. The number of hydrazine groups is 1. The van der Waals surface area contributed by atoms with Gasteiger partial charge in [0.15, 0.2) is 5.43 Å². The molecule has 4 N–H and O–H groups in total. The van der Waals surface area contributed by atoms with Gasteiger partial charge in [0, 0.05) is 12.1 Å². The van der Waals surface area contributed by atoms with Crippen LogP contribution in [0, 0.1) is 12.3 Å². The van der Waals surface area contributed by atoms with Gasteiger partial charge in [0.2, 0.25) is 5.55 Å². The molecular formula is C15H13N3O5. The standard InChI is InChI=1S/C15H13N3O5/c1-6-3-9(19)12-11(22-6)5-10-7(13(12)21-2)4-8(14(16)23-10)15(20)18-17/h3-5,16H,17H2,1-2H3,(H,18,20). The van der Waals surface area contributed by atoms with E-state index in [1.165, 1.54) is 25.3 Å². The minimum atomic E-state index is -0.682. The summed E-state index contributed by atoms with van der Waals surface area (Å²) in [6, 6.07) is 4.23. The Morgan fingerprint density at radius 3 is 2.65 bits per heavy atom. The van der Waals surface area contributed by atoms with Crippen LogP contribution in [0.4, 0.5) is 0 Å². The summed E-state index contributed by atoms with van der Waals surface area (Å²) in [7, 11) is 1.39. The third-order valence-electron chi connectivity index (χ3n) is 3.42. The average Bonchev–Trinajstić information content (AvgIpc) is 2.51. The van der Waals surface area contributed by atoms with Crippen LogP contribution in [-0.4, -0.2) is 13.0 Å². The molecule has 0 aliphatic carbocycles. The second kappa shape index (κ2) is 5.25. The van der Waals surface area contributed by atoms with E-state index < -0.39 is 5.91 Å². The highest BCUT2D eigenvalue weighted by Gasteiger charge is 2.18. The number of nitrogens with two attached hydrogens (primary N) is 1. The van der Waals surface area contributed by atoms with Crippen molar-refractivity contribution in [2.75, 3.05) is 7.11 Å². The van der Waals surface area contributed by atoms with E-state index >= 15 is 0 Å². The van der Waals surface area contributed by atoms with Crippen molar-refractivity contribution in [2.24, 2.45) is 5.84 Å². The number of amides is 1. The fourth-order valence-electron chi connectivity index (χ4n) is 2.46. The van der Waals surface area contributed by atoms with Crippen molar-refractivity contribution in [1.82, 2.24) is 5.43 Å². The average molecular weight is 315 g/mol. The SMILES string of the molecule is COc1c2cc(C(=O)NN)c(=N)oc2cc2oc(C)cc(=O)c12. The first-order valence-corrected chi connectivity index (χ1v) is 6.61. The smallest absolute Gasteiger partial charge is 0.270 e. The summed E-state index contributed by atoms with van der Waals surface area (Å²) in [5.41, 5.74) is 1.75. The number of nitrogens with one attached hydrogen (secondary N) is 2. The molecule has 0 fully saturated rings. The maximum absolute atomic E-state index is 12.3. The van der Waals surface area contributed by atoms with Gasteiger partial charge in [-0.15, -0.1) is 0 Å². The fourth-order valence-corrected chi connectivity index (χ4v) is 2.46. The van der Waals surface area contributed by atoms with Crippen LogP contribution in [0.3, 0.4) is 0 Å². The molecule has 2 heterocycles. The van der Waals surface area contributed by atoms with Crippen molar-refractivity contribution in [3.8, 4) is 5.75 Å². The Morgan fingerprint density at radius 1 is 1.26 bits per heavy atom. The van der Waals surface area contributed by atoms with Gasteiger partial charge in [-0.2, -0.15) is 0 Å². The largest absolute Gasteiger partial charge is 0.495 e. The van der Waals surface area contributed by atoms with Gasteiger partial charge in [-0.3, -0.25) is 20.4 Å². The number of carbonyl (C=O) groups excluding carboxylic acids is 1. The van der Waals surface area contributed by atoms with Gasteiger partial charge >= 0.3 is 0 Å². The summed E-state index contributed by atoms with van der Waals surface area (Å²) in [4.78, 5) is 24.0. The lowest BCUT2D eigenvalue weighted by molar-refractivity contribution is 0.0949. The van der Waals surface area contributed by atoms with Crippen LogP contribution in [0.15, 0.2) is 31.8 Å². The van der Waals surface area contributed by atoms with Gasteiger partial charge in [-0.05, 0) is 13.0 Å². The zero-order valence-electron chi connectivity index (χ0n) is 12.4. The van der Waals surface area contributed by atoms with E-state index in [4.69, 9.17) is 24.8 Å². The molecule has 3 rings (SSSR count). The molecule has 2 aromatic heterocycles. The van der Waals surface area contributed by atoms with Crippen LogP contribution in [0.1, 0.15) is 16.1 Å². The Balaban J connectivity index is 2.53. The maximum atomic E-state index is 12.3. The first-order valence-electron chi connectivity index (χ1n) is 6.61. The van der Waals surface area contributed by atoms with Gasteiger partial charge in [0.1, 0.15) is 33.6 Å². The molecule has 0 unspecified atom stereocenters. The number of aryl methyl sites for hydroxylation is 1. The highest BCUT2D eigenvalue weighted by molar-refractivity contribution is 6.03. The predicted molar refractivity (Wildman–Crippen MR) is 81.1 cm³/mol. The second-order valence-electron chi connectivity index (χ2n) is 4.88. The third-order valence-corrected chi connectivity index (χ3v) is 3.42. The second-order valence-corrected chi connectivity index (χ2v) is 4.88. The van der Waals surface area contributed by atoms with E-state index in [0.717, 1.165) is 0 Å². The number of methoxy groups -OCH3 is 1. The van der Waals surface area contributed by atoms with Crippen LogP contribution >= 0.6 is 0 Å². The Bertz CT molecular complexity index is 1060. The van der Waals surface area contributed by atoms with Crippen LogP contribution in [0.25, 0.3) is 21.9 Å². The summed E-state index contributed by atoms with van der Waals surface area (Å²) in [5, 5.41) is 8.39. The normalized spacial score (nSPS) is 10.9. The van der Waals surface area contributed by atoms with Crippen molar-refractivity contribution in [3.05, 3.63) is 45.3 Å². The summed E-state index contributed by atoms with van der Waals surface area (Å²) in [6.07, 6.45) is 0. The molecule has 118 valence electrons. The Kier molecular flexibility index (Phi) is 3.38. The molecule has 0 aliphatic rings. The minimum absolute atomic E-state index is 0.0749. The number of nitrogen functional groups attached to an aromatic ring is 1. The molecule has 0 atom stereocenters. The van der Waals surface area contributed by atoms with Crippen LogP contribution in [0.5, 0.6) is 5.75 Å². The first-order chi connectivity index (χ1) is 11.0. The molecule has 0 saturated heterocycles. The van der Waals surface area contributed by atoms with E-state index in [2.05, 4.69) is 0 Å². The van der Waals surface area contributed by atoms with Gasteiger partial charge < -0.3 is 13.6 Å². The van der Waals surface area contributed by atoms with E-state index in [9.17, 15) is 9.59 Å². The molecule has 8 heteroatoms. The van der Waals surface area contributed by atoms with Gasteiger partial charge in [0.25, 0.3) is 5.91 Å². The van der Waals surface area contributed by atoms with Crippen molar-refractivity contribution in [1.29, 1.82) is 5.41 Å². The lowest BCUT2D eigenvalue weighted by Crippen LogP contribution is -2.33. The van der Waals surface area contributed by atoms with E-state index in [-0.39, 0.29) is 38.8 Å². The van der Waals surface area contributed by atoms with Crippen molar-refractivity contribution in [3.63, 3.8) is 0 Å². The van der Waals surface area contributed by atoms with Gasteiger partial charge in [-0.25, -0.2) is 5.84 Å². The van der Waals surface area contributed by atoms with Crippen molar-refractivity contribution >= 4 is 27.8 Å². The summed E-state index contributed by atoms with van der Waals surface area (Å²) >= 11 is 0. The zero-order chi connectivity index (χ0) is 16.7. The number of hydrogen-bond donors (Lipinski definition) is 3. The van der Waals surface area contributed by atoms with Crippen LogP contribution in [-0.2, 0) is 0 Å². The van der Waals surface area contributed by atoms with Gasteiger partial charge in [-0.1, -0.05) is 0 Å². The molecule has 1 aromatic carbocycles. The number of benzene rings is 1. The third kappa shape index (κ3) is 2.25. The lowest BCUT2D eigenvalue weighted by Gasteiger charge is -2.10. The number of fused-ring (bicyclic) bond motifs is 2. The van der Waals surface area contributed by atoms with Crippen molar-refractivity contribution in [2.45, 2.75) is 6.92 Å². The number of rotatable bonds is 2. The molecule has 0 radical (unpaired) electrons. The van der Waals surface area contributed by atoms with Crippen LogP contribution < -0.4 is 27.0 Å². The molecule has 0 bridgehead atoms. The Labute approximate surface area is 128 Å². The monoisotopic (exact) mass is 315 g/mol. The summed E-state index contributed by atoms with van der Waals surface area (Å²) < 4.78 is 16.2. The molecule has 0 spiro atoms. The highest BCUT2D eigenvalue weighted by Crippen LogP contribution is 2.33. The Hall–Kier alpha value is -3.13. The zero-order valence-corrected chi connectivity index (χ0v) is 12.4.